The first-order chi connectivity index (χ1) is 11.2. The highest BCUT2D eigenvalue weighted by atomic mass is 32.2. The van der Waals surface area contributed by atoms with Crippen LogP contribution in [0.15, 0.2) is 88.7 Å². The number of benzene rings is 3. The highest BCUT2D eigenvalue weighted by Crippen LogP contribution is 2.27. The van der Waals surface area contributed by atoms with Crippen LogP contribution in [0.1, 0.15) is 11.1 Å². The zero-order valence-electron chi connectivity index (χ0n) is 12.9. The van der Waals surface area contributed by atoms with Crippen molar-refractivity contribution in [3.05, 3.63) is 90.0 Å². The summed E-state index contributed by atoms with van der Waals surface area (Å²) < 4.78 is 18.7. The van der Waals surface area contributed by atoms with Crippen LogP contribution in [0.5, 0.6) is 5.75 Å². The Morgan fingerprint density at radius 3 is 2.22 bits per heavy atom. The molecule has 0 amide bonds. The summed E-state index contributed by atoms with van der Waals surface area (Å²) >= 11 is 0. The second kappa shape index (κ2) is 7.25. The average Bonchev–Trinajstić information content (AvgIpc) is 2.61. The van der Waals surface area contributed by atoms with Crippen LogP contribution in [-0.2, 0) is 17.4 Å². The SMILES string of the molecule is Cc1ccc(S(=O)c2ccccc2OCc2ccccc2)cc1. The number of hydrogen-bond donors (Lipinski definition) is 0. The minimum absolute atomic E-state index is 0.461. The molecule has 0 bridgehead atoms. The molecule has 0 fully saturated rings. The lowest BCUT2D eigenvalue weighted by molar-refractivity contribution is 0.298. The first-order valence-corrected chi connectivity index (χ1v) is 8.63. The summed E-state index contributed by atoms with van der Waals surface area (Å²) in [5.74, 6) is 0.662. The maximum Gasteiger partial charge on any atom is 0.136 e. The Hall–Kier alpha value is -2.39. The molecule has 1 unspecified atom stereocenters. The van der Waals surface area contributed by atoms with E-state index in [-0.39, 0.29) is 0 Å². The van der Waals surface area contributed by atoms with Gasteiger partial charge in [0.25, 0.3) is 0 Å². The van der Waals surface area contributed by atoms with Crippen molar-refractivity contribution in [1.29, 1.82) is 0 Å². The summed E-state index contributed by atoms with van der Waals surface area (Å²) in [6, 6.07) is 25.2. The zero-order chi connectivity index (χ0) is 16.1. The van der Waals surface area contributed by atoms with Gasteiger partial charge in [-0.05, 0) is 36.8 Å². The predicted molar refractivity (Wildman–Crippen MR) is 93.1 cm³/mol. The number of rotatable bonds is 5. The second-order valence-electron chi connectivity index (χ2n) is 5.30. The van der Waals surface area contributed by atoms with Crippen molar-refractivity contribution in [3.8, 4) is 5.75 Å². The van der Waals surface area contributed by atoms with Gasteiger partial charge in [0.05, 0.1) is 15.7 Å². The van der Waals surface area contributed by atoms with E-state index in [1.165, 1.54) is 0 Å². The number of ether oxygens (including phenoxy) is 1. The normalized spacial score (nSPS) is 11.9. The van der Waals surface area contributed by atoms with Crippen LogP contribution >= 0.6 is 0 Å². The highest BCUT2D eigenvalue weighted by molar-refractivity contribution is 7.85. The summed E-state index contributed by atoms with van der Waals surface area (Å²) in [6.45, 7) is 2.48. The molecule has 0 saturated heterocycles. The van der Waals surface area contributed by atoms with E-state index < -0.39 is 10.8 Å². The van der Waals surface area contributed by atoms with Crippen molar-refractivity contribution >= 4 is 10.8 Å². The van der Waals surface area contributed by atoms with Crippen molar-refractivity contribution < 1.29 is 8.95 Å². The van der Waals surface area contributed by atoms with Crippen LogP contribution < -0.4 is 4.74 Å². The Morgan fingerprint density at radius 1 is 0.826 bits per heavy atom. The van der Waals surface area contributed by atoms with E-state index in [1.54, 1.807) is 0 Å². The molecule has 0 heterocycles. The van der Waals surface area contributed by atoms with Crippen LogP contribution in [-0.4, -0.2) is 4.21 Å². The fraction of sp³-hybridized carbons (Fsp3) is 0.100. The smallest absolute Gasteiger partial charge is 0.136 e. The third-order valence-corrected chi connectivity index (χ3v) is 4.96. The van der Waals surface area contributed by atoms with Gasteiger partial charge < -0.3 is 4.74 Å². The molecule has 2 nitrogen and oxygen atoms in total. The van der Waals surface area contributed by atoms with Gasteiger partial charge in [-0.15, -0.1) is 0 Å². The van der Waals surface area contributed by atoms with Crippen LogP contribution in [0.4, 0.5) is 0 Å². The van der Waals surface area contributed by atoms with Gasteiger partial charge in [-0.3, -0.25) is 0 Å². The molecule has 0 spiro atoms. The minimum Gasteiger partial charge on any atom is -0.488 e. The van der Waals surface area contributed by atoms with Gasteiger partial charge in [-0.2, -0.15) is 0 Å². The van der Waals surface area contributed by atoms with Crippen LogP contribution in [0.25, 0.3) is 0 Å². The molecule has 0 aromatic heterocycles. The summed E-state index contributed by atoms with van der Waals surface area (Å²) in [7, 11) is -1.25. The zero-order valence-corrected chi connectivity index (χ0v) is 13.8. The second-order valence-corrected chi connectivity index (χ2v) is 6.75. The molecule has 116 valence electrons. The van der Waals surface area contributed by atoms with Gasteiger partial charge in [-0.25, -0.2) is 4.21 Å². The Labute approximate surface area is 139 Å². The quantitative estimate of drug-likeness (QED) is 0.678. The van der Waals surface area contributed by atoms with Gasteiger partial charge in [0.15, 0.2) is 0 Å². The average molecular weight is 322 g/mol. The standard InChI is InChI=1S/C20H18O2S/c1-16-11-13-18(14-12-16)23(21)20-10-6-5-9-19(20)22-15-17-7-3-2-4-8-17/h2-14H,15H2,1H3. The minimum atomic E-state index is -1.25. The largest absolute Gasteiger partial charge is 0.488 e. The maximum absolute atomic E-state index is 12.8. The van der Waals surface area contributed by atoms with Crippen molar-refractivity contribution in [2.24, 2.45) is 0 Å². The van der Waals surface area contributed by atoms with E-state index in [0.29, 0.717) is 17.3 Å². The molecule has 0 N–H and O–H groups in total. The fourth-order valence-electron chi connectivity index (χ4n) is 2.25. The number of hydrogen-bond acceptors (Lipinski definition) is 2. The van der Waals surface area contributed by atoms with Crippen molar-refractivity contribution in [2.45, 2.75) is 23.3 Å². The fourth-order valence-corrected chi connectivity index (χ4v) is 3.40. The summed E-state index contributed by atoms with van der Waals surface area (Å²) in [6.07, 6.45) is 0. The maximum atomic E-state index is 12.8. The number of para-hydroxylation sites is 1. The van der Waals surface area contributed by atoms with Gasteiger partial charge in [0.1, 0.15) is 12.4 Å². The summed E-state index contributed by atoms with van der Waals surface area (Å²) in [4.78, 5) is 1.48. The predicted octanol–water partition coefficient (Wildman–Crippen LogP) is 4.74. The van der Waals surface area contributed by atoms with Gasteiger partial charge in [-0.1, -0.05) is 60.2 Å². The van der Waals surface area contributed by atoms with Crippen LogP contribution in [0.2, 0.25) is 0 Å². The lowest BCUT2D eigenvalue weighted by Gasteiger charge is -2.11. The van der Waals surface area contributed by atoms with E-state index in [1.807, 2.05) is 85.8 Å². The lowest BCUT2D eigenvalue weighted by Crippen LogP contribution is -2.00. The molecular formula is C20H18O2S. The molecule has 0 saturated carbocycles. The van der Waals surface area contributed by atoms with Gasteiger partial charge in [0.2, 0.25) is 0 Å². The molecule has 0 radical (unpaired) electrons. The van der Waals surface area contributed by atoms with Crippen molar-refractivity contribution in [1.82, 2.24) is 0 Å². The molecule has 0 aliphatic rings. The highest BCUT2D eigenvalue weighted by Gasteiger charge is 2.12. The molecule has 3 aromatic carbocycles. The molecule has 3 aromatic rings. The van der Waals surface area contributed by atoms with E-state index in [4.69, 9.17) is 4.74 Å². The molecule has 0 aliphatic carbocycles. The Kier molecular flexibility index (Phi) is 4.89. The van der Waals surface area contributed by atoms with E-state index in [0.717, 1.165) is 16.0 Å². The monoisotopic (exact) mass is 322 g/mol. The van der Waals surface area contributed by atoms with E-state index in [2.05, 4.69) is 0 Å². The summed E-state index contributed by atoms with van der Waals surface area (Å²) in [5.41, 5.74) is 2.24. The Bertz CT molecular complexity index is 795. The van der Waals surface area contributed by atoms with Crippen LogP contribution in [0.3, 0.4) is 0 Å². The topological polar surface area (TPSA) is 26.3 Å². The first kappa shape index (κ1) is 15.5. The van der Waals surface area contributed by atoms with Gasteiger partial charge in [0, 0.05) is 4.90 Å². The molecule has 23 heavy (non-hydrogen) atoms. The lowest BCUT2D eigenvalue weighted by atomic mass is 10.2. The Morgan fingerprint density at radius 2 is 1.48 bits per heavy atom. The summed E-state index contributed by atoms with van der Waals surface area (Å²) in [5, 5.41) is 0. The van der Waals surface area contributed by atoms with Gasteiger partial charge >= 0.3 is 0 Å². The number of aryl methyl sites for hydroxylation is 1. The Balaban J connectivity index is 1.82. The molecule has 0 aliphatic heterocycles. The molecule has 3 rings (SSSR count). The van der Waals surface area contributed by atoms with E-state index in [9.17, 15) is 4.21 Å². The third-order valence-electron chi connectivity index (χ3n) is 3.52. The van der Waals surface area contributed by atoms with E-state index >= 15 is 0 Å². The van der Waals surface area contributed by atoms with Crippen LogP contribution in [0, 0.1) is 6.92 Å². The molecular weight excluding hydrogens is 304 g/mol. The third kappa shape index (κ3) is 3.88. The molecule has 1 atom stereocenters. The van der Waals surface area contributed by atoms with Crippen molar-refractivity contribution in [2.75, 3.05) is 0 Å². The van der Waals surface area contributed by atoms with Crippen molar-refractivity contribution in [3.63, 3.8) is 0 Å². The first-order valence-electron chi connectivity index (χ1n) is 7.48. The molecule has 3 heteroatoms.